The van der Waals surface area contributed by atoms with Crippen molar-refractivity contribution in [2.24, 2.45) is 0 Å². The monoisotopic (exact) mass is 731 g/mol. The summed E-state index contributed by atoms with van der Waals surface area (Å²) >= 11 is 0. The largest absolute Gasteiger partial charge is 0.508 e. The SMILES string of the molecule is Cc1c(-c2ccc(O)cc2)n(Cc2ccc(OCCCCN3CCN(C(=O)COc4ccc(N5CCC(=O)NC5=O)cc4)CC3)cc2)c2ccc(O)cc12. The summed E-state index contributed by atoms with van der Waals surface area (Å²) in [5.41, 5.74) is 5.92. The molecule has 12 heteroatoms. The van der Waals surface area contributed by atoms with Gasteiger partial charge >= 0.3 is 6.03 Å². The van der Waals surface area contributed by atoms with Gasteiger partial charge in [-0.25, -0.2) is 4.79 Å². The van der Waals surface area contributed by atoms with Gasteiger partial charge in [-0.2, -0.15) is 0 Å². The molecular weight excluding hydrogens is 686 g/mol. The number of ether oxygens (including phenoxy) is 2. The molecular formula is C42H45N5O7. The lowest BCUT2D eigenvalue weighted by Gasteiger charge is -2.34. The Bertz CT molecular complexity index is 2100. The molecule has 280 valence electrons. The first kappa shape index (κ1) is 36.4. The Morgan fingerprint density at radius 3 is 2.19 bits per heavy atom. The van der Waals surface area contributed by atoms with Crippen LogP contribution in [0.15, 0.2) is 91.0 Å². The molecule has 0 atom stereocenters. The quantitative estimate of drug-likeness (QED) is 0.127. The molecule has 0 saturated carbocycles. The number of urea groups is 1. The zero-order chi connectivity index (χ0) is 37.6. The highest BCUT2D eigenvalue weighted by Crippen LogP contribution is 2.36. The molecule has 7 rings (SSSR count). The van der Waals surface area contributed by atoms with Crippen LogP contribution in [0.1, 0.15) is 30.4 Å². The van der Waals surface area contributed by atoms with E-state index >= 15 is 0 Å². The van der Waals surface area contributed by atoms with Crippen molar-refractivity contribution < 1.29 is 34.1 Å². The van der Waals surface area contributed by atoms with Crippen molar-refractivity contribution >= 4 is 34.4 Å². The molecule has 12 nitrogen and oxygen atoms in total. The predicted octanol–water partition coefficient (Wildman–Crippen LogP) is 5.90. The number of nitrogens with zero attached hydrogens (tertiary/aromatic N) is 4. The van der Waals surface area contributed by atoms with E-state index < -0.39 is 6.03 Å². The minimum Gasteiger partial charge on any atom is -0.508 e. The second kappa shape index (κ2) is 16.3. The first-order valence-corrected chi connectivity index (χ1v) is 18.4. The van der Waals surface area contributed by atoms with Gasteiger partial charge in [0, 0.05) is 62.3 Å². The van der Waals surface area contributed by atoms with E-state index in [0.717, 1.165) is 71.5 Å². The average Bonchev–Trinajstić information content (AvgIpc) is 3.44. The number of amides is 4. The highest BCUT2D eigenvalue weighted by molar-refractivity contribution is 6.05. The maximum absolute atomic E-state index is 12.8. The van der Waals surface area contributed by atoms with E-state index in [9.17, 15) is 24.6 Å². The molecule has 54 heavy (non-hydrogen) atoms. The highest BCUT2D eigenvalue weighted by Gasteiger charge is 2.25. The summed E-state index contributed by atoms with van der Waals surface area (Å²) in [5.74, 6) is 1.49. The summed E-state index contributed by atoms with van der Waals surface area (Å²) in [6.07, 6.45) is 2.17. The van der Waals surface area contributed by atoms with Crippen LogP contribution in [0.2, 0.25) is 0 Å². The van der Waals surface area contributed by atoms with Crippen LogP contribution in [0.25, 0.3) is 22.2 Å². The number of aromatic hydroxyl groups is 2. The van der Waals surface area contributed by atoms with Crippen LogP contribution in [-0.2, 0) is 16.1 Å². The summed E-state index contributed by atoms with van der Waals surface area (Å²) in [5, 5.41) is 23.3. The third-order valence-corrected chi connectivity index (χ3v) is 10.1. The van der Waals surface area contributed by atoms with Crippen LogP contribution in [0, 0.1) is 6.92 Å². The Kier molecular flexibility index (Phi) is 11.0. The molecule has 3 N–H and O–H groups in total. The summed E-state index contributed by atoms with van der Waals surface area (Å²) in [4.78, 5) is 42.0. The molecule has 5 aromatic rings. The third kappa shape index (κ3) is 8.44. The van der Waals surface area contributed by atoms with Crippen LogP contribution in [-0.4, -0.2) is 94.9 Å². The molecule has 2 fully saturated rings. The molecule has 2 aliphatic heterocycles. The number of anilines is 1. The third-order valence-electron chi connectivity index (χ3n) is 10.1. The molecule has 3 heterocycles. The van der Waals surface area contributed by atoms with E-state index in [0.29, 0.717) is 44.2 Å². The van der Waals surface area contributed by atoms with Crippen molar-refractivity contribution in [1.82, 2.24) is 19.7 Å². The molecule has 0 unspecified atom stereocenters. The smallest absolute Gasteiger partial charge is 0.328 e. The fraction of sp³-hybridized carbons (Fsp3) is 0.310. The zero-order valence-electron chi connectivity index (χ0n) is 30.4. The Labute approximate surface area is 314 Å². The molecule has 0 spiro atoms. The molecule has 2 aliphatic rings. The number of hydrogen-bond acceptors (Lipinski definition) is 8. The van der Waals surface area contributed by atoms with E-state index in [4.69, 9.17) is 9.47 Å². The number of carbonyl (C=O) groups excluding carboxylic acids is 3. The number of aromatic nitrogens is 1. The maximum Gasteiger partial charge on any atom is 0.328 e. The van der Waals surface area contributed by atoms with Gasteiger partial charge < -0.3 is 29.2 Å². The Hall–Kier alpha value is -6.01. The number of phenols is 2. The maximum atomic E-state index is 12.8. The molecule has 0 radical (unpaired) electrons. The first-order valence-electron chi connectivity index (χ1n) is 18.4. The van der Waals surface area contributed by atoms with Gasteiger partial charge in [0.1, 0.15) is 23.0 Å². The number of piperazine rings is 1. The minimum atomic E-state index is -0.439. The van der Waals surface area contributed by atoms with Gasteiger partial charge in [0.2, 0.25) is 5.91 Å². The van der Waals surface area contributed by atoms with Gasteiger partial charge in [0.25, 0.3) is 5.91 Å². The Morgan fingerprint density at radius 1 is 0.778 bits per heavy atom. The summed E-state index contributed by atoms with van der Waals surface area (Å²) in [7, 11) is 0. The van der Waals surface area contributed by atoms with E-state index in [1.807, 2.05) is 35.2 Å². The van der Waals surface area contributed by atoms with Gasteiger partial charge in [-0.05, 0) is 122 Å². The number of benzene rings is 4. The number of aryl methyl sites for hydroxylation is 1. The average molecular weight is 732 g/mol. The molecule has 4 amide bonds. The summed E-state index contributed by atoms with van der Waals surface area (Å²) in [6, 6.07) is 27.4. The fourth-order valence-electron chi connectivity index (χ4n) is 7.16. The number of carbonyl (C=O) groups is 3. The number of fused-ring (bicyclic) bond motifs is 1. The lowest BCUT2D eigenvalue weighted by Crippen LogP contribution is -2.50. The van der Waals surface area contributed by atoms with Crippen LogP contribution in [0.3, 0.4) is 0 Å². The van der Waals surface area contributed by atoms with Crippen molar-refractivity contribution in [1.29, 1.82) is 0 Å². The van der Waals surface area contributed by atoms with Crippen LogP contribution in [0.5, 0.6) is 23.0 Å². The topological polar surface area (TPSA) is 137 Å². The van der Waals surface area contributed by atoms with Crippen molar-refractivity contribution in [3.05, 3.63) is 102 Å². The lowest BCUT2D eigenvalue weighted by atomic mass is 10.1. The van der Waals surface area contributed by atoms with Crippen molar-refractivity contribution in [2.75, 3.05) is 57.4 Å². The minimum absolute atomic E-state index is 0.0501. The molecule has 4 aromatic carbocycles. The highest BCUT2D eigenvalue weighted by atomic mass is 16.5. The standard InChI is InChI=1S/C42H45N5O7/c1-29-37-26-34(49)12-17-38(37)47(41(29)31-6-10-33(48)11-7-31)27-30-4-13-35(14-5-30)53-25-3-2-19-44-21-23-45(24-22-44)40(51)28-54-36-15-8-32(9-16-36)46-20-18-39(50)43-42(46)52/h4-17,26,48-49H,2-3,18-25,27-28H2,1H3,(H,43,50,52). The number of imide groups is 1. The second-order valence-electron chi connectivity index (χ2n) is 13.8. The molecule has 0 bridgehead atoms. The molecule has 0 aliphatic carbocycles. The number of nitrogens with one attached hydrogen (secondary N) is 1. The van der Waals surface area contributed by atoms with Crippen molar-refractivity contribution in [3.8, 4) is 34.3 Å². The summed E-state index contributed by atoms with van der Waals surface area (Å²) in [6.45, 7) is 7.49. The summed E-state index contributed by atoms with van der Waals surface area (Å²) < 4.78 is 14.1. The van der Waals surface area contributed by atoms with E-state index in [1.165, 1.54) is 4.90 Å². The van der Waals surface area contributed by atoms with Gasteiger partial charge in [-0.3, -0.25) is 24.7 Å². The zero-order valence-corrected chi connectivity index (χ0v) is 30.4. The van der Waals surface area contributed by atoms with Gasteiger partial charge in [0.15, 0.2) is 6.61 Å². The van der Waals surface area contributed by atoms with E-state index in [1.54, 1.807) is 48.5 Å². The Morgan fingerprint density at radius 2 is 1.46 bits per heavy atom. The number of hydrogen-bond donors (Lipinski definition) is 3. The van der Waals surface area contributed by atoms with Gasteiger partial charge in [0.05, 0.1) is 12.3 Å². The first-order chi connectivity index (χ1) is 26.2. The second-order valence-corrected chi connectivity index (χ2v) is 13.8. The number of rotatable bonds is 13. The lowest BCUT2D eigenvalue weighted by molar-refractivity contribution is -0.135. The van der Waals surface area contributed by atoms with Gasteiger partial charge in [-0.15, -0.1) is 0 Å². The van der Waals surface area contributed by atoms with Gasteiger partial charge in [-0.1, -0.05) is 12.1 Å². The number of phenolic OH excluding ortho intramolecular Hbond substituents is 2. The fourth-order valence-corrected chi connectivity index (χ4v) is 7.16. The molecule has 2 saturated heterocycles. The normalized spacial score (nSPS) is 15.1. The van der Waals surface area contributed by atoms with E-state index in [2.05, 4.69) is 33.8 Å². The Balaban J connectivity index is 0.819. The van der Waals surface area contributed by atoms with Crippen LogP contribution < -0.4 is 19.7 Å². The predicted molar refractivity (Wildman–Crippen MR) is 206 cm³/mol. The van der Waals surface area contributed by atoms with Crippen LogP contribution in [0.4, 0.5) is 10.5 Å². The number of unbranched alkanes of at least 4 members (excludes halogenated alkanes) is 1. The van der Waals surface area contributed by atoms with Crippen molar-refractivity contribution in [3.63, 3.8) is 0 Å². The van der Waals surface area contributed by atoms with E-state index in [-0.39, 0.29) is 36.3 Å². The van der Waals surface area contributed by atoms with Crippen molar-refractivity contribution in [2.45, 2.75) is 32.7 Å². The molecule has 1 aromatic heterocycles. The van der Waals surface area contributed by atoms with Crippen LogP contribution >= 0.6 is 0 Å².